The van der Waals surface area contributed by atoms with Crippen molar-refractivity contribution in [2.75, 3.05) is 23.0 Å². The fourth-order valence-electron chi connectivity index (χ4n) is 8.17. The Balaban J connectivity index is 1.05. The summed E-state index contributed by atoms with van der Waals surface area (Å²) >= 11 is 0. The second-order valence-electron chi connectivity index (χ2n) is 16.2. The van der Waals surface area contributed by atoms with Crippen LogP contribution in [0.4, 0.5) is 34.1 Å². The van der Waals surface area contributed by atoms with Crippen LogP contribution in [0.2, 0.25) is 0 Å². The van der Waals surface area contributed by atoms with Gasteiger partial charge in [-0.25, -0.2) is 0 Å². The highest BCUT2D eigenvalue weighted by molar-refractivity contribution is 5.84. The van der Waals surface area contributed by atoms with Crippen molar-refractivity contribution in [1.29, 1.82) is 0 Å². The van der Waals surface area contributed by atoms with Crippen LogP contribution in [0.15, 0.2) is 182 Å². The number of hydrogen-bond acceptors (Lipinski definition) is 4. The lowest BCUT2D eigenvalue weighted by Gasteiger charge is -2.28. The first-order valence-electron chi connectivity index (χ1n) is 22.2. The smallest absolute Gasteiger partial charge is 0.126 e. The molecule has 0 radical (unpaired) electrons. The van der Waals surface area contributed by atoms with Gasteiger partial charge >= 0.3 is 0 Å². The number of aryl methyl sites for hydroxylation is 4. The van der Waals surface area contributed by atoms with E-state index in [1.807, 2.05) is 44.2 Å². The van der Waals surface area contributed by atoms with Gasteiger partial charge in [0.05, 0.1) is 13.2 Å². The number of para-hydroxylation sites is 1. The summed E-state index contributed by atoms with van der Waals surface area (Å²) in [6.45, 7) is 14.0. The first-order chi connectivity index (χ1) is 31.3. The van der Waals surface area contributed by atoms with E-state index in [9.17, 15) is 0 Å². The van der Waals surface area contributed by atoms with Gasteiger partial charge in [-0.1, -0.05) is 139 Å². The molecule has 0 unspecified atom stereocenters. The van der Waals surface area contributed by atoms with Crippen molar-refractivity contribution in [3.63, 3.8) is 0 Å². The van der Waals surface area contributed by atoms with Crippen molar-refractivity contribution in [2.24, 2.45) is 0 Å². The molecule has 0 saturated carbocycles. The van der Waals surface area contributed by atoms with Crippen LogP contribution in [0.1, 0.15) is 58.4 Å². The van der Waals surface area contributed by atoms with Gasteiger partial charge in [0, 0.05) is 39.7 Å². The molecule has 8 aromatic carbocycles. The number of benzene rings is 8. The summed E-state index contributed by atoms with van der Waals surface area (Å²) in [5.41, 5.74) is 18.4. The lowest BCUT2D eigenvalue weighted by atomic mass is 10.0. The number of ether oxygens (including phenoxy) is 2. The highest BCUT2D eigenvalue weighted by Gasteiger charge is 2.17. The van der Waals surface area contributed by atoms with Gasteiger partial charge < -0.3 is 19.3 Å². The quantitative estimate of drug-likeness (QED) is 0.0961. The number of anilines is 6. The van der Waals surface area contributed by atoms with Gasteiger partial charge in [-0.3, -0.25) is 0 Å². The summed E-state index contributed by atoms with van der Waals surface area (Å²) in [6.07, 6.45) is 8.56. The van der Waals surface area contributed by atoms with Crippen molar-refractivity contribution < 1.29 is 9.47 Å². The third-order valence-corrected chi connectivity index (χ3v) is 11.4. The molecule has 0 spiro atoms. The largest absolute Gasteiger partial charge is 0.494 e. The van der Waals surface area contributed by atoms with Gasteiger partial charge in [0.1, 0.15) is 11.5 Å². The number of hydrogen-bond donors (Lipinski definition) is 0. The molecule has 0 atom stereocenters. The maximum absolute atomic E-state index is 5.85. The summed E-state index contributed by atoms with van der Waals surface area (Å²) in [7, 11) is 0. The fourth-order valence-corrected chi connectivity index (χ4v) is 8.17. The van der Waals surface area contributed by atoms with Crippen LogP contribution in [-0.2, 0) is 0 Å². The molecule has 4 heteroatoms. The molecule has 0 amide bonds. The van der Waals surface area contributed by atoms with Gasteiger partial charge in [0.15, 0.2) is 0 Å². The minimum Gasteiger partial charge on any atom is -0.494 e. The normalized spacial score (nSPS) is 11.3. The van der Waals surface area contributed by atoms with Crippen LogP contribution < -0.4 is 19.3 Å². The number of rotatable bonds is 15. The Labute approximate surface area is 380 Å². The predicted molar refractivity (Wildman–Crippen MR) is 273 cm³/mol. The van der Waals surface area contributed by atoms with Gasteiger partial charge in [-0.2, -0.15) is 0 Å². The van der Waals surface area contributed by atoms with Crippen molar-refractivity contribution in [3.05, 3.63) is 226 Å². The van der Waals surface area contributed by atoms with Crippen LogP contribution in [0.5, 0.6) is 11.5 Å². The summed E-state index contributed by atoms with van der Waals surface area (Å²) in [5.74, 6) is 1.78. The summed E-state index contributed by atoms with van der Waals surface area (Å²) in [5, 5.41) is 0. The second kappa shape index (κ2) is 20.1. The molecule has 0 aliphatic heterocycles. The number of nitrogens with zero attached hydrogens (tertiary/aromatic N) is 2. The molecule has 4 nitrogen and oxygen atoms in total. The summed E-state index contributed by atoms with van der Waals surface area (Å²) in [4.78, 5) is 4.70. The van der Waals surface area contributed by atoms with Crippen LogP contribution in [0, 0.1) is 27.7 Å². The highest BCUT2D eigenvalue weighted by Crippen LogP contribution is 2.40. The van der Waals surface area contributed by atoms with E-state index in [0.717, 1.165) is 79.0 Å². The average Bonchev–Trinajstić information content (AvgIpc) is 3.31. The van der Waals surface area contributed by atoms with Crippen LogP contribution >= 0.6 is 0 Å². The zero-order chi connectivity index (χ0) is 44.4. The molecular formula is C60H56N2O2. The zero-order valence-corrected chi connectivity index (χ0v) is 37.8. The molecule has 8 aromatic rings. The van der Waals surface area contributed by atoms with Crippen molar-refractivity contribution in [2.45, 2.75) is 41.5 Å². The van der Waals surface area contributed by atoms with E-state index in [0.29, 0.717) is 13.2 Å². The molecule has 0 heterocycles. The zero-order valence-electron chi connectivity index (χ0n) is 37.8. The third kappa shape index (κ3) is 10.2. The molecular weight excluding hydrogens is 781 g/mol. The first-order valence-corrected chi connectivity index (χ1v) is 22.2. The van der Waals surface area contributed by atoms with E-state index in [1.165, 1.54) is 22.3 Å². The van der Waals surface area contributed by atoms with Gasteiger partial charge in [-0.05, 0) is 159 Å². The Morgan fingerprint density at radius 2 is 0.781 bits per heavy atom. The van der Waals surface area contributed by atoms with Crippen LogP contribution in [-0.4, -0.2) is 13.2 Å². The van der Waals surface area contributed by atoms with E-state index in [1.54, 1.807) is 0 Å². The molecule has 0 bridgehead atoms. The lowest BCUT2D eigenvalue weighted by Crippen LogP contribution is -2.11. The first kappa shape index (κ1) is 43.1. The maximum atomic E-state index is 5.85. The van der Waals surface area contributed by atoms with Crippen LogP contribution in [0.3, 0.4) is 0 Å². The van der Waals surface area contributed by atoms with Crippen LogP contribution in [0.25, 0.3) is 35.4 Å². The maximum Gasteiger partial charge on any atom is 0.126 e. The van der Waals surface area contributed by atoms with Crippen molar-refractivity contribution in [3.8, 4) is 22.6 Å². The SMILES string of the molecule is CCOc1ccc(/C=C/c2ccc(N(c3ccc(-c4ccc(N(c5ccc(/C=C/c6ccccc6OCC)cc5)c5ccc(C)cc5C)cc4)cc3)c3ccc(C)cc3C)cc2)cc1. The molecule has 0 aliphatic rings. The van der Waals surface area contributed by atoms with Gasteiger partial charge in [0.2, 0.25) is 0 Å². The van der Waals surface area contributed by atoms with Crippen molar-refractivity contribution >= 4 is 58.4 Å². The lowest BCUT2D eigenvalue weighted by molar-refractivity contribution is 0.339. The third-order valence-electron chi connectivity index (χ3n) is 11.4. The molecule has 0 aliphatic carbocycles. The summed E-state index contributed by atoms with van der Waals surface area (Å²) in [6, 6.07) is 65.1. The molecule has 0 aromatic heterocycles. The van der Waals surface area contributed by atoms with Gasteiger partial charge in [-0.15, -0.1) is 0 Å². The highest BCUT2D eigenvalue weighted by atomic mass is 16.5. The van der Waals surface area contributed by atoms with Crippen molar-refractivity contribution in [1.82, 2.24) is 0 Å². The standard InChI is InChI=1S/C60H56N2O2/c1-7-63-57-37-22-48(23-38-57)16-15-47-18-29-53(30-19-47)61(58-39-13-43(3)41-45(58)5)55-33-25-50(26-34-55)51-27-35-56(36-28-51)62(59-40-14-44(4)42-46(59)6)54-31-20-49(21-32-54)17-24-52-11-9-10-12-60(52)64-8-2/h9-42H,7-8H2,1-6H3/b16-15+,24-17+. The Hall–Kier alpha value is -7.56. The average molecular weight is 837 g/mol. The molecule has 0 N–H and O–H groups in total. The molecule has 0 fully saturated rings. The minimum atomic E-state index is 0.635. The van der Waals surface area contributed by atoms with Gasteiger partial charge in [0.25, 0.3) is 0 Å². The summed E-state index contributed by atoms with van der Waals surface area (Å²) < 4.78 is 11.5. The fraction of sp³-hybridized carbons (Fsp3) is 0.133. The Kier molecular flexibility index (Phi) is 13.5. The monoisotopic (exact) mass is 836 g/mol. The Bertz CT molecular complexity index is 2860. The Morgan fingerprint density at radius 1 is 0.391 bits per heavy atom. The van der Waals surface area contributed by atoms with E-state index < -0.39 is 0 Å². The predicted octanol–water partition coefficient (Wildman–Crippen LogP) is 16.7. The van der Waals surface area contributed by atoms with E-state index >= 15 is 0 Å². The second-order valence-corrected chi connectivity index (χ2v) is 16.2. The van der Waals surface area contributed by atoms with E-state index in [-0.39, 0.29) is 0 Å². The Morgan fingerprint density at radius 3 is 1.20 bits per heavy atom. The molecule has 318 valence electrons. The van der Waals surface area contributed by atoms with E-state index in [4.69, 9.17) is 9.47 Å². The topological polar surface area (TPSA) is 24.9 Å². The molecule has 64 heavy (non-hydrogen) atoms. The molecule has 0 saturated heterocycles. The minimum absolute atomic E-state index is 0.635. The van der Waals surface area contributed by atoms with E-state index in [2.05, 4.69) is 213 Å². The molecule has 8 rings (SSSR count).